The average Bonchev–Trinajstić information content (AvgIpc) is 2.87. The predicted molar refractivity (Wildman–Crippen MR) is 113 cm³/mol. The first-order valence-electron chi connectivity index (χ1n) is 8.92. The van der Waals surface area contributed by atoms with Crippen LogP contribution < -0.4 is 10.5 Å². The number of hydrogen-bond acceptors (Lipinski definition) is 3. The van der Waals surface area contributed by atoms with Crippen LogP contribution in [0.4, 0.5) is 0 Å². The van der Waals surface area contributed by atoms with Gasteiger partial charge in [0, 0.05) is 11.1 Å². The van der Waals surface area contributed by atoms with Crippen molar-refractivity contribution in [3.05, 3.63) is 58.8 Å². The van der Waals surface area contributed by atoms with Gasteiger partial charge in [0.2, 0.25) is 10.0 Å². The van der Waals surface area contributed by atoms with E-state index in [4.69, 9.17) is 5.73 Å². The van der Waals surface area contributed by atoms with Gasteiger partial charge in [0.1, 0.15) is 0 Å². The summed E-state index contributed by atoms with van der Waals surface area (Å²) in [7, 11) is -3.37. The molecule has 1 aromatic heterocycles. The fourth-order valence-corrected chi connectivity index (χ4v) is 4.68. The molecule has 0 aliphatic heterocycles. The van der Waals surface area contributed by atoms with Crippen molar-refractivity contribution >= 4 is 26.8 Å². The number of primary amides is 1. The summed E-state index contributed by atoms with van der Waals surface area (Å²) in [5.41, 5.74) is 10.7. The smallest absolute Gasteiger partial charge is 0.250 e. The third-order valence-corrected chi connectivity index (χ3v) is 5.94. The Bertz CT molecular complexity index is 1190. The van der Waals surface area contributed by atoms with Crippen LogP contribution in [-0.2, 0) is 15.6 Å². The Kier molecular flexibility index (Phi) is 4.85. The molecule has 0 aliphatic carbocycles. The van der Waals surface area contributed by atoms with Crippen LogP contribution in [0.3, 0.4) is 0 Å². The molecule has 3 aromatic rings. The SMILES string of the molecule is Cc1[nH]c2c(C(N)=O)ccc(-c3cccc(C(C)(C)NS(C)(=O)=O)c3)c2c1C. The quantitative estimate of drug-likeness (QED) is 0.613. The molecule has 2 aromatic carbocycles. The number of sulfonamides is 1. The van der Waals surface area contributed by atoms with E-state index >= 15 is 0 Å². The van der Waals surface area contributed by atoms with E-state index in [9.17, 15) is 13.2 Å². The molecule has 0 saturated carbocycles. The van der Waals surface area contributed by atoms with Crippen molar-refractivity contribution in [1.82, 2.24) is 9.71 Å². The molecule has 6 nitrogen and oxygen atoms in total. The highest BCUT2D eigenvalue weighted by molar-refractivity contribution is 7.88. The van der Waals surface area contributed by atoms with Gasteiger partial charge in [-0.25, -0.2) is 13.1 Å². The van der Waals surface area contributed by atoms with E-state index < -0.39 is 21.5 Å². The Hall–Kier alpha value is -2.64. The van der Waals surface area contributed by atoms with E-state index in [1.165, 1.54) is 0 Å². The average molecular weight is 400 g/mol. The Labute approximate surface area is 165 Å². The van der Waals surface area contributed by atoms with Crippen molar-refractivity contribution in [3.63, 3.8) is 0 Å². The minimum Gasteiger partial charge on any atom is -0.366 e. The van der Waals surface area contributed by atoms with Crippen molar-refractivity contribution < 1.29 is 13.2 Å². The lowest BCUT2D eigenvalue weighted by Gasteiger charge is -2.26. The normalized spacial score (nSPS) is 12.5. The van der Waals surface area contributed by atoms with Crippen LogP contribution in [0.5, 0.6) is 0 Å². The molecule has 0 aliphatic rings. The number of nitrogens with two attached hydrogens (primary N) is 1. The molecule has 0 fully saturated rings. The fraction of sp³-hybridized carbons (Fsp3) is 0.286. The number of aromatic nitrogens is 1. The maximum Gasteiger partial charge on any atom is 0.250 e. The van der Waals surface area contributed by atoms with E-state index in [1.807, 2.05) is 58.0 Å². The van der Waals surface area contributed by atoms with E-state index in [2.05, 4.69) is 9.71 Å². The molecule has 0 unspecified atom stereocenters. The molecule has 3 rings (SSSR count). The zero-order valence-electron chi connectivity index (χ0n) is 16.7. The van der Waals surface area contributed by atoms with Gasteiger partial charge in [-0.15, -0.1) is 0 Å². The van der Waals surface area contributed by atoms with Gasteiger partial charge in [-0.05, 0) is 62.1 Å². The number of benzene rings is 2. The van der Waals surface area contributed by atoms with Gasteiger partial charge in [0.25, 0.3) is 5.91 Å². The highest BCUT2D eigenvalue weighted by Gasteiger charge is 2.25. The summed E-state index contributed by atoms with van der Waals surface area (Å²) in [6, 6.07) is 11.4. The topological polar surface area (TPSA) is 105 Å². The minimum absolute atomic E-state index is 0.449. The molecule has 0 saturated heterocycles. The molecule has 1 amide bonds. The van der Waals surface area contributed by atoms with Gasteiger partial charge < -0.3 is 10.7 Å². The number of rotatable bonds is 5. The third-order valence-electron chi connectivity index (χ3n) is 5.06. The standard InChI is InChI=1S/C21H25N3O3S/c1-12-13(2)23-19-17(20(22)25)10-9-16(18(12)19)14-7-6-8-15(11-14)21(3,4)24-28(5,26)27/h6-11,23-24H,1-5H3,(H2,22,25). The maximum atomic E-state index is 11.8. The summed E-state index contributed by atoms with van der Waals surface area (Å²) in [5.74, 6) is -0.481. The molecule has 28 heavy (non-hydrogen) atoms. The van der Waals surface area contributed by atoms with Crippen LogP contribution in [-0.4, -0.2) is 25.6 Å². The van der Waals surface area contributed by atoms with E-state index in [1.54, 1.807) is 6.07 Å². The second-order valence-electron chi connectivity index (χ2n) is 7.73. The first-order valence-corrected chi connectivity index (χ1v) is 10.8. The van der Waals surface area contributed by atoms with Gasteiger partial charge in [-0.1, -0.05) is 24.3 Å². The molecule has 1 heterocycles. The van der Waals surface area contributed by atoms with Crippen LogP contribution >= 0.6 is 0 Å². The van der Waals surface area contributed by atoms with Gasteiger partial charge in [0.05, 0.1) is 22.9 Å². The lowest BCUT2D eigenvalue weighted by atomic mass is 9.90. The number of carbonyl (C=O) groups is 1. The van der Waals surface area contributed by atoms with Crippen LogP contribution in [0.2, 0.25) is 0 Å². The number of carbonyl (C=O) groups excluding carboxylic acids is 1. The summed E-state index contributed by atoms with van der Waals surface area (Å²) < 4.78 is 26.2. The Balaban J connectivity index is 2.22. The predicted octanol–water partition coefficient (Wildman–Crippen LogP) is 3.33. The van der Waals surface area contributed by atoms with Gasteiger partial charge in [-0.3, -0.25) is 4.79 Å². The van der Waals surface area contributed by atoms with Crippen molar-refractivity contribution in [2.45, 2.75) is 33.2 Å². The second kappa shape index (κ2) is 6.76. The Morgan fingerprint density at radius 1 is 1.14 bits per heavy atom. The Morgan fingerprint density at radius 2 is 1.82 bits per heavy atom. The van der Waals surface area contributed by atoms with E-state index in [0.29, 0.717) is 5.56 Å². The largest absolute Gasteiger partial charge is 0.366 e. The lowest BCUT2D eigenvalue weighted by molar-refractivity contribution is 0.100. The number of aromatic amines is 1. The number of amides is 1. The minimum atomic E-state index is -3.37. The second-order valence-corrected chi connectivity index (χ2v) is 9.48. The monoisotopic (exact) mass is 399 g/mol. The number of aryl methyl sites for hydroxylation is 2. The molecule has 148 valence electrons. The molecule has 7 heteroatoms. The van der Waals surface area contributed by atoms with Crippen LogP contribution in [0, 0.1) is 13.8 Å². The van der Waals surface area contributed by atoms with E-state index in [0.717, 1.165) is 45.1 Å². The number of nitrogens with one attached hydrogen (secondary N) is 2. The number of H-pyrrole nitrogens is 1. The van der Waals surface area contributed by atoms with Crippen LogP contribution in [0.1, 0.15) is 41.0 Å². The van der Waals surface area contributed by atoms with Gasteiger partial charge in [-0.2, -0.15) is 0 Å². The zero-order chi connectivity index (χ0) is 20.9. The Morgan fingerprint density at radius 3 is 2.43 bits per heavy atom. The molecule has 0 atom stereocenters. The van der Waals surface area contributed by atoms with Gasteiger partial charge >= 0.3 is 0 Å². The number of fused-ring (bicyclic) bond motifs is 1. The maximum absolute atomic E-state index is 11.8. The van der Waals surface area contributed by atoms with E-state index in [-0.39, 0.29) is 0 Å². The third kappa shape index (κ3) is 3.68. The van der Waals surface area contributed by atoms with Crippen molar-refractivity contribution in [2.75, 3.05) is 6.26 Å². The molecule has 0 radical (unpaired) electrons. The number of hydrogen-bond donors (Lipinski definition) is 3. The van der Waals surface area contributed by atoms with Crippen molar-refractivity contribution in [2.24, 2.45) is 5.73 Å². The van der Waals surface area contributed by atoms with Gasteiger partial charge in [0.15, 0.2) is 0 Å². The summed E-state index contributed by atoms with van der Waals surface area (Å²) in [6.07, 6.45) is 1.15. The molecule has 0 bridgehead atoms. The highest BCUT2D eigenvalue weighted by Crippen LogP contribution is 2.36. The highest BCUT2D eigenvalue weighted by atomic mass is 32.2. The molecule has 4 N–H and O–H groups in total. The summed E-state index contributed by atoms with van der Waals surface area (Å²) >= 11 is 0. The molecule has 0 spiro atoms. The van der Waals surface area contributed by atoms with Crippen molar-refractivity contribution in [3.8, 4) is 11.1 Å². The summed E-state index contributed by atoms with van der Waals surface area (Å²) in [4.78, 5) is 15.1. The molecular weight excluding hydrogens is 374 g/mol. The fourth-order valence-electron chi connectivity index (χ4n) is 3.63. The van der Waals surface area contributed by atoms with Crippen LogP contribution in [0.25, 0.3) is 22.0 Å². The lowest BCUT2D eigenvalue weighted by Crippen LogP contribution is -2.40. The van der Waals surface area contributed by atoms with Crippen molar-refractivity contribution in [1.29, 1.82) is 0 Å². The first-order chi connectivity index (χ1) is 12.9. The summed E-state index contributed by atoms with van der Waals surface area (Å²) in [6.45, 7) is 7.61. The van der Waals surface area contributed by atoms with Crippen LogP contribution in [0.15, 0.2) is 36.4 Å². The zero-order valence-corrected chi connectivity index (χ0v) is 17.5. The molecular formula is C21H25N3O3S. The first kappa shape index (κ1) is 20.1. The summed E-state index contributed by atoms with van der Waals surface area (Å²) in [5, 5.41) is 0.944.